The van der Waals surface area contributed by atoms with E-state index in [0.717, 1.165) is 15.8 Å². The highest BCUT2D eigenvalue weighted by atomic mass is 79.9. The van der Waals surface area contributed by atoms with Crippen LogP contribution in [0.5, 0.6) is 5.75 Å². The second-order valence-electron chi connectivity index (χ2n) is 2.54. The predicted molar refractivity (Wildman–Crippen MR) is 51.3 cm³/mol. The Bertz CT molecular complexity index is 271. The molecule has 1 N–H and O–H groups in total. The first-order valence-corrected chi connectivity index (χ1v) is 4.46. The molecule has 0 aliphatic heterocycles. The van der Waals surface area contributed by atoms with Gasteiger partial charge in [-0.2, -0.15) is 0 Å². The molecule has 1 atom stereocenters. The van der Waals surface area contributed by atoms with Crippen molar-refractivity contribution in [1.29, 1.82) is 0 Å². The summed E-state index contributed by atoms with van der Waals surface area (Å²) >= 11 is 3.36. The fraction of sp³-hybridized carbons (Fsp3) is 0.333. The zero-order valence-electron chi connectivity index (χ0n) is 7.04. The Labute approximate surface area is 80.3 Å². The predicted octanol–water partition coefficient (Wildman–Crippen LogP) is 2.51. The van der Waals surface area contributed by atoms with Gasteiger partial charge in [0.15, 0.2) is 0 Å². The van der Waals surface area contributed by atoms with Crippen molar-refractivity contribution in [1.82, 2.24) is 0 Å². The topological polar surface area (TPSA) is 29.5 Å². The van der Waals surface area contributed by atoms with Crippen LogP contribution in [0.15, 0.2) is 22.7 Å². The molecule has 0 aliphatic carbocycles. The first kappa shape index (κ1) is 9.55. The van der Waals surface area contributed by atoms with Crippen LogP contribution >= 0.6 is 15.9 Å². The highest BCUT2D eigenvalue weighted by Crippen LogP contribution is 2.31. The third-order valence-electron chi connectivity index (χ3n) is 1.66. The van der Waals surface area contributed by atoms with Crippen LogP contribution in [0.2, 0.25) is 0 Å². The molecule has 0 aromatic heterocycles. The van der Waals surface area contributed by atoms with Crippen molar-refractivity contribution in [3.63, 3.8) is 0 Å². The van der Waals surface area contributed by atoms with E-state index in [1.165, 1.54) is 0 Å². The van der Waals surface area contributed by atoms with Gasteiger partial charge in [0.05, 0.1) is 17.7 Å². The summed E-state index contributed by atoms with van der Waals surface area (Å²) in [4.78, 5) is 0. The Morgan fingerprint density at radius 1 is 1.50 bits per heavy atom. The summed E-state index contributed by atoms with van der Waals surface area (Å²) in [5, 5.41) is 9.34. The fourth-order valence-corrected chi connectivity index (χ4v) is 1.77. The lowest BCUT2D eigenvalue weighted by molar-refractivity contribution is 0.198. The van der Waals surface area contributed by atoms with Gasteiger partial charge >= 0.3 is 0 Å². The third-order valence-corrected chi connectivity index (χ3v) is 2.51. The summed E-state index contributed by atoms with van der Waals surface area (Å²) in [5.41, 5.74) is 0.842. The second-order valence-corrected chi connectivity index (χ2v) is 3.33. The lowest BCUT2D eigenvalue weighted by atomic mass is 10.1. The molecule has 0 bridgehead atoms. The van der Waals surface area contributed by atoms with Gasteiger partial charge in [0, 0.05) is 0 Å². The quantitative estimate of drug-likeness (QED) is 0.847. The molecule has 0 saturated heterocycles. The van der Waals surface area contributed by atoms with E-state index in [1.807, 2.05) is 18.2 Å². The molecule has 0 heterocycles. The van der Waals surface area contributed by atoms with Crippen molar-refractivity contribution in [2.24, 2.45) is 0 Å². The average Bonchev–Trinajstić information content (AvgIpc) is 2.04. The molecule has 0 fully saturated rings. The van der Waals surface area contributed by atoms with Crippen LogP contribution in [0.1, 0.15) is 18.6 Å². The molecule has 1 rings (SSSR count). The minimum absolute atomic E-state index is 0.477. The maximum Gasteiger partial charge on any atom is 0.133 e. The molecule has 66 valence electrons. The molecule has 2 nitrogen and oxygen atoms in total. The van der Waals surface area contributed by atoms with Crippen LogP contribution in [0.4, 0.5) is 0 Å². The summed E-state index contributed by atoms with van der Waals surface area (Å²) in [6, 6.07) is 5.55. The van der Waals surface area contributed by atoms with Crippen molar-refractivity contribution in [3.05, 3.63) is 28.2 Å². The molecular weight excluding hydrogens is 220 g/mol. The molecule has 12 heavy (non-hydrogen) atoms. The minimum atomic E-state index is -0.477. The van der Waals surface area contributed by atoms with Gasteiger partial charge < -0.3 is 9.84 Å². The summed E-state index contributed by atoms with van der Waals surface area (Å²) in [7, 11) is 1.60. The van der Waals surface area contributed by atoms with Crippen molar-refractivity contribution in [3.8, 4) is 5.75 Å². The largest absolute Gasteiger partial charge is 0.496 e. The minimum Gasteiger partial charge on any atom is -0.496 e. The summed E-state index contributed by atoms with van der Waals surface area (Å²) in [6.07, 6.45) is -0.477. The van der Waals surface area contributed by atoms with Gasteiger partial charge in [0.2, 0.25) is 0 Å². The number of hydrogen-bond acceptors (Lipinski definition) is 2. The zero-order valence-corrected chi connectivity index (χ0v) is 8.63. The maximum absolute atomic E-state index is 9.34. The number of rotatable bonds is 2. The highest BCUT2D eigenvalue weighted by Gasteiger charge is 2.09. The van der Waals surface area contributed by atoms with Gasteiger partial charge in [-0.1, -0.05) is 12.1 Å². The van der Waals surface area contributed by atoms with E-state index in [4.69, 9.17) is 4.74 Å². The van der Waals surface area contributed by atoms with Crippen LogP contribution in [0, 0.1) is 0 Å². The Morgan fingerprint density at radius 3 is 2.67 bits per heavy atom. The molecule has 0 spiro atoms. The summed E-state index contributed by atoms with van der Waals surface area (Å²) in [5.74, 6) is 0.744. The van der Waals surface area contributed by atoms with Crippen LogP contribution in [0.25, 0.3) is 0 Å². The van der Waals surface area contributed by atoms with Gasteiger partial charge in [-0.15, -0.1) is 0 Å². The normalized spacial score (nSPS) is 12.7. The lowest BCUT2D eigenvalue weighted by Gasteiger charge is -2.10. The molecular formula is C9H11BrO2. The smallest absolute Gasteiger partial charge is 0.133 e. The second kappa shape index (κ2) is 3.92. The van der Waals surface area contributed by atoms with Gasteiger partial charge in [-0.3, -0.25) is 0 Å². The number of ether oxygens (including phenoxy) is 1. The van der Waals surface area contributed by atoms with E-state index >= 15 is 0 Å². The summed E-state index contributed by atoms with van der Waals surface area (Å²) < 4.78 is 5.90. The molecule has 0 saturated carbocycles. The average molecular weight is 231 g/mol. The van der Waals surface area contributed by atoms with Crippen LogP contribution < -0.4 is 4.74 Å². The standard InChI is InChI=1S/C9H11BrO2/c1-6(11)7-4-3-5-8(12-2)9(7)10/h3-6,11H,1-2H3. The van der Waals surface area contributed by atoms with Crippen molar-refractivity contribution in [2.75, 3.05) is 7.11 Å². The Balaban J connectivity index is 3.14. The number of methoxy groups -OCH3 is 1. The highest BCUT2D eigenvalue weighted by molar-refractivity contribution is 9.10. The molecule has 0 amide bonds. The monoisotopic (exact) mass is 230 g/mol. The van der Waals surface area contributed by atoms with E-state index in [0.29, 0.717) is 0 Å². The molecule has 0 radical (unpaired) electrons. The molecule has 1 unspecified atom stereocenters. The van der Waals surface area contributed by atoms with Crippen molar-refractivity contribution < 1.29 is 9.84 Å². The zero-order chi connectivity index (χ0) is 9.14. The van der Waals surface area contributed by atoms with Gasteiger partial charge in [-0.05, 0) is 34.5 Å². The lowest BCUT2D eigenvalue weighted by Crippen LogP contribution is -1.94. The Morgan fingerprint density at radius 2 is 2.17 bits per heavy atom. The van der Waals surface area contributed by atoms with Gasteiger partial charge in [-0.25, -0.2) is 0 Å². The maximum atomic E-state index is 9.34. The van der Waals surface area contributed by atoms with Gasteiger partial charge in [0.25, 0.3) is 0 Å². The first-order valence-electron chi connectivity index (χ1n) is 3.67. The van der Waals surface area contributed by atoms with E-state index in [2.05, 4.69) is 15.9 Å². The third kappa shape index (κ3) is 1.79. The Hall–Kier alpha value is -0.540. The number of aliphatic hydroxyl groups is 1. The molecule has 1 aromatic rings. The van der Waals surface area contributed by atoms with Crippen LogP contribution in [-0.4, -0.2) is 12.2 Å². The fourth-order valence-electron chi connectivity index (χ4n) is 1.01. The van der Waals surface area contributed by atoms with E-state index in [9.17, 15) is 5.11 Å². The Kier molecular flexibility index (Phi) is 3.12. The van der Waals surface area contributed by atoms with Crippen molar-refractivity contribution >= 4 is 15.9 Å². The van der Waals surface area contributed by atoms with Gasteiger partial charge in [0.1, 0.15) is 5.75 Å². The number of benzene rings is 1. The van der Waals surface area contributed by atoms with E-state index in [1.54, 1.807) is 14.0 Å². The number of aliphatic hydroxyl groups excluding tert-OH is 1. The van der Waals surface area contributed by atoms with Crippen LogP contribution in [-0.2, 0) is 0 Å². The SMILES string of the molecule is COc1cccc(C(C)O)c1Br. The van der Waals surface area contributed by atoms with Crippen LogP contribution in [0.3, 0.4) is 0 Å². The molecule has 0 aliphatic rings. The molecule has 1 aromatic carbocycles. The van der Waals surface area contributed by atoms with Crippen molar-refractivity contribution in [2.45, 2.75) is 13.0 Å². The summed E-state index contributed by atoms with van der Waals surface area (Å²) in [6.45, 7) is 1.72. The van der Waals surface area contributed by atoms with E-state index in [-0.39, 0.29) is 0 Å². The first-order chi connectivity index (χ1) is 5.66. The van der Waals surface area contributed by atoms with E-state index < -0.39 is 6.10 Å². The number of hydrogen-bond donors (Lipinski definition) is 1. The number of halogens is 1. The molecule has 3 heteroatoms.